The first-order valence-electron chi connectivity index (χ1n) is 10.7. The Balaban J connectivity index is 1.74. The Labute approximate surface area is 193 Å². The highest BCUT2D eigenvalue weighted by Crippen LogP contribution is 2.27. The van der Waals surface area contributed by atoms with Gasteiger partial charge in [0, 0.05) is 23.2 Å². The summed E-state index contributed by atoms with van der Waals surface area (Å²) in [7, 11) is 0. The molecule has 0 saturated carbocycles. The van der Waals surface area contributed by atoms with Crippen LogP contribution in [0.1, 0.15) is 48.6 Å². The van der Waals surface area contributed by atoms with Crippen LogP contribution in [0.25, 0.3) is 11.0 Å². The molecule has 6 heteroatoms. The molecule has 3 aromatic carbocycles. The number of benzene rings is 3. The predicted octanol–water partition coefficient (Wildman–Crippen LogP) is 6.02. The number of hydrogen-bond acceptors (Lipinski definition) is 3. The van der Waals surface area contributed by atoms with E-state index in [4.69, 9.17) is 21.3 Å². The molecule has 0 aliphatic heterocycles. The van der Waals surface area contributed by atoms with Crippen molar-refractivity contribution < 1.29 is 9.53 Å². The molecule has 0 bridgehead atoms. The molecule has 1 amide bonds. The second kappa shape index (κ2) is 9.45. The first-order chi connectivity index (χ1) is 15.4. The molecule has 4 aromatic rings. The maximum absolute atomic E-state index is 12.5. The van der Waals surface area contributed by atoms with Crippen molar-refractivity contribution in [1.29, 1.82) is 0 Å². The van der Waals surface area contributed by atoms with E-state index in [1.54, 1.807) is 0 Å². The van der Waals surface area contributed by atoms with E-state index in [0.29, 0.717) is 17.1 Å². The number of hydrogen-bond donors (Lipinski definition) is 1. The molecule has 0 aliphatic rings. The van der Waals surface area contributed by atoms with Gasteiger partial charge in [0.2, 0.25) is 0 Å². The van der Waals surface area contributed by atoms with Crippen LogP contribution in [-0.4, -0.2) is 21.5 Å². The number of nitrogens with zero attached hydrogens (tertiary/aromatic N) is 2. The van der Waals surface area contributed by atoms with Gasteiger partial charge in [-0.2, -0.15) is 0 Å². The molecule has 0 spiro atoms. The summed E-state index contributed by atoms with van der Waals surface area (Å²) < 4.78 is 8.31. The number of halogens is 1. The Kier molecular flexibility index (Phi) is 6.47. The topological polar surface area (TPSA) is 56.1 Å². The second-order valence-electron chi connectivity index (χ2n) is 8.09. The molecule has 1 unspecified atom stereocenters. The number of amides is 1. The molecule has 4 rings (SSSR count). The van der Waals surface area contributed by atoms with Crippen LogP contribution in [0.5, 0.6) is 5.75 Å². The third-order valence-electron chi connectivity index (χ3n) is 5.13. The number of ether oxygens (including phenoxy) is 1. The van der Waals surface area contributed by atoms with Crippen LogP contribution in [-0.2, 0) is 6.54 Å². The minimum atomic E-state index is -0.287. The fourth-order valence-electron chi connectivity index (χ4n) is 3.64. The first-order valence-corrected chi connectivity index (χ1v) is 11.1. The Bertz CT molecular complexity index is 1220. The number of fused-ring (bicyclic) bond motifs is 1. The lowest BCUT2D eigenvalue weighted by atomic mass is 10.1. The summed E-state index contributed by atoms with van der Waals surface area (Å²) in [6.07, 6.45) is -0.287. The minimum Gasteiger partial charge on any atom is -0.483 e. The molecule has 0 saturated heterocycles. The molecule has 1 aromatic heterocycles. The van der Waals surface area contributed by atoms with Gasteiger partial charge in [0.1, 0.15) is 5.75 Å². The van der Waals surface area contributed by atoms with Gasteiger partial charge in [0.05, 0.1) is 11.0 Å². The van der Waals surface area contributed by atoms with Gasteiger partial charge >= 0.3 is 0 Å². The predicted molar refractivity (Wildman–Crippen MR) is 128 cm³/mol. The van der Waals surface area contributed by atoms with Crippen LogP contribution in [0.2, 0.25) is 5.02 Å². The zero-order valence-corrected chi connectivity index (χ0v) is 19.1. The van der Waals surface area contributed by atoms with E-state index in [-0.39, 0.29) is 18.1 Å². The summed E-state index contributed by atoms with van der Waals surface area (Å²) in [5, 5.41) is 3.64. The van der Waals surface area contributed by atoms with Gasteiger partial charge in [-0.3, -0.25) is 4.79 Å². The van der Waals surface area contributed by atoms with Crippen LogP contribution >= 0.6 is 11.6 Å². The summed E-state index contributed by atoms with van der Waals surface area (Å²) in [5.74, 6) is 1.46. The molecular formula is C26H26ClN3O2. The largest absolute Gasteiger partial charge is 0.483 e. The van der Waals surface area contributed by atoms with Gasteiger partial charge in [0.25, 0.3) is 5.91 Å². The number of imidazole rings is 1. The first kappa shape index (κ1) is 21.9. The van der Waals surface area contributed by atoms with Crippen molar-refractivity contribution in [1.82, 2.24) is 14.9 Å². The van der Waals surface area contributed by atoms with E-state index < -0.39 is 0 Å². The molecular weight excluding hydrogens is 422 g/mol. The quantitative estimate of drug-likeness (QED) is 0.377. The van der Waals surface area contributed by atoms with Crippen LogP contribution < -0.4 is 10.1 Å². The average Bonchev–Trinajstić information content (AvgIpc) is 3.13. The smallest absolute Gasteiger partial charge is 0.251 e. The fraction of sp³-hybridized carbons (Fsp3) is 0.231. The normalized spacial score (nSPS) is 12.2. The molecule has 1 heterocycles. The Morgan fingerprint density at radius 1 is 1.03 bits per heavy atom. The van der Waals surface area contributed by atoms with E-state index in [1.807, 2.05) is 93.6 Å². The van der Waals surface area contributed by atoms with E-state index in [0.717, 1.165) is 28.2 Å². The lowest BCUT2D eigenvalue weighted by Crippen LogP contribution is -2.29. The van der Waals surface area contributed by atoms with Gasteiger partial charge < -0.3 is 14.6 Å². The molecule has 0 radical (unpaired) electrons. The molecule has 32 heavy (non-hydrogen) atoms. The zero-order chi connectivity index (χ0) is 22.7. The van der Waals surface area contributed by atoms with Crippen LogP contribution in [0.4, 0.5) is 0 Å². The number of para-hydroxylation sites is 1. The van der Waals surface area contributed by atoms with E-state index in [1.165, 1.54) is 0 Å². The highest BCUT2D eigenvalue weighted by Gasteiger charge is 2.20. The van der Waals surface area contributed by atoms with E-state index in [9.17, 15) is 4.79 Å². The number of carbonyl (C=O) groups is 1. The van der Waals surface area contributed by atoms with Crippen molar-refractivity contribution in [2.24, 2.45) is 0 Å². The number of rotatable bonds is 7. The Morgan fingerprint density at radius 2 is 1.75 bits per heavy atom. The van der Waals surface area contributed by atoms with Gasteiger partial charge in [-0.05, 0) is 68.8 Å². The molecule has 1 N–H and O–H groups in total. The SMILES string of the molecule is CC(C)NC(=O)c1ccc2c(c1)nc(C(C)Oc1ccccc1)n2Cc1ccc(Cl)cc1. The standard InChI is InChI=1S/C26H26ClN3O2/c1-17(2)28-26(31)20-11-14-24-23(15-20)29-25(18(3)32-22-7-5-4-6-8-22)30(24)16-19-9-12-21(27)13-10-19/h4-15,17-18H,16H2,1-3H3,(H,28,31). The van der Waals surface area contributed by atoms with Crippen molar-refractivity contribution in [3.05, 3.63) is 94.8 Å². The zero-order valence-electron chi connectivity index (χ0n) is 18.4. The van der Waals surface area contributed by atoms with Gasteiger partial charge in [0.15, 0.2) is 11.9 Å². The van der Waals surface area contributed by atoms with E-state index in [2.05, 4.69) is 9.88 Å². The van der Waals surface area contributed by atoms with Crippen LogP contribution in [0.15, 0.2) is 72.8 Å². The lowest BCUT2D eigenvalue weighted by molar-refractivity contribution is 0.0943. The van der Waals surface area contributed by atoms with Gasteiger partial charge in [-0.25, -0.2) is 4.98 Å². The number of carbonyl (C=O) groups excluding carboxylic acids is 1. The lowest BCUT2D eigenvalue weighted by Gasteiger charge is -2.17. The van der Waals surface area contributed by atoms with E-state index >= 15 is 0 Å². The summed E-state index contributed by atoms with van der Waals surface area (Å²) in [4.78, 5) is 17.4. The summed E-state index contributed by atoms with van der Waals surface area (Å²) in [6, 6.07) is 23.2. The Morgan fingerprint density at radius 3 is 2.44 bits per heavy atom. The molecule has 0 fully saturated rings. The summed E-state index contributed by atoms with van der Waals surface area (Å²) in [6.45, 7) is 6.48. The Hall–Kier alpha value is -3.31. The average molecular weight is 448 g/mol. The summed E-state index contributed by atoms with van der Waals surface area (Å²) in [5.41, 5.74) is 3.39. The highest BCUT2D eigenvalue weighted by molar-refractivity contribution is 6.30. The van der Waals surface area contributed by atoms with Gasteiger partial charge in [-0.1, -0.05) is 41.9 Å². The maximum Gasteiger partial charge on any atom is 0.251 e. The number of nitrogens with one attached hydrogen (secondary N) is 1. The third kappa shape index (κ3) is 4.94. The fourth-order valence-corrected chi connectivity index (χ4v) is 3.77. The molecule has 0 aliphatic carbocycles. The van der Waals surface area contributed by atoms with Gasteiger partial charge in [-0.15, -0.1) is 0 Å². The highest BCUT2D eigenvalue weighted by atomic mass is 35.5. The van der Waals surface area contributed by atoms with Crippen molar-refractivity contribution in [3.63, 3.8) is 0 Å². The third-order valence-corrected chi connectivity index (χ3v) is 5.39. The molecule has 1 atom stereocenters. The molecule has 5 nitrogen and oxygen atoms in total. The number of aromatic nitrogens is 2. The monoisotopic (exact) mass is 447 g/mol. The van der Waals surface area contributed by atoms with Crippen molar-refractivity contribution >= 4 is 28.5 Å². The van der Waals surface area contributed by atoms with Crippen LogP contribution in [0, 0.1) is 0 Å². The maximum atomic E-state index is 12.5. The van der Waals surface area contributed by atoms with Crippen molar-refractivity contribution in [3.8, 4) is 5.75 Å². The van der Waals surface area contributed by atoms with Crippen molar-refractivity contribution in [2.75, 3.05) is 0 Å². The second-order valence-corrected chi connectivity index (χ2v) is 8.52. The van der Waals surface area contributed by atoms with Crippen molar-refractivity contribution in [2.45, 2.75) is 39.5 Å². The summed E-state index contributed by atoms with van der Waals surface area (Å²) >= 11 is 6.07. The molecule has 164 valence electrons. The minimum absolute atomic E-state index is 0.0653. The van der Waals surface area contributed by atoms with Crippen LogP contribution in [0.3, 0.4) is 0 Å².